The highest BCUT2D eigenvalue weighted by Crippen LogP contribution is 2.10. The third-order valence-corrected chi connectivity index (χ3v) is 3.71. The van der Waals surface area contributed by atoms with Gasteiger partial charge in [-0.1, -0.05) is 48.5 Å². The van der Waals surface area contributed by atoms with Gasteiger partial charge in [0, 0.05) is 12.6 Å². The number of aliphatic hydroxyl groups is 1. The third kappa shape index (κ3) is 4.19. The molecular formula is C18H23NO. The van der Waals surface area contributed by atoms with Crippen LogP contribution < -0.4 is 5.32 Å². The van der Waals surface area contributed by atoms with Crippen LogP contribution in [0.15, 0.2) is 48.5 Å². The van der Waals surface area contributed by atoms with E-state index in [1.165, 1.54) is 22.3 Å². The zero-order valence-electron chi connectivity index (χ0n) is 12.3. The molecule has 0 radical (unpaired) electrons. The van der Waals surface area contributed by atoms with E-state index in [1.807, 2.05) is 18.2 Å². The molecule has 2 heteroatoms. The van der Waals surface area contributed by atoms with Crippen molar-refractivity contribution in [1.29, 1.82) is 0 Å². The molecule has 2 aromatic rings. The zero-order chi connectivity index (χ0) is 14.4. The van der Waals surface area contributed by atoms with Crippen molar-refractivity contribution in [3.63, 3.8) is 0 Å². The molecule has 106 valence electrons. The smallest absolute Gasteiger partial charge is 0.0587 e. The topological polar surface area (TPSA) is 32.3 Å². The van der Waals surface area contributed by atoms with E-state index < -0.39 is 0 Å². The van der Waals surface area contributed by atoms with E-state index in [0.29, 0.717) is 0 Å². The molecule has 0 bridgehead atoms. The Bertz CT molecular complexity index is 536. The summed E-state index contributed by atoms with van der Waals surface area (Å²) < 4.78 is 0. The Balaban J connectivity index is 1.92. The van der Waals surface area contributed by atoms with Crippen LogP contribution in [0, 0.1) is 13.8 Å². The van der Waals surface area contributed by atoms with Crippen LogP contribution in [0.25, 0.3) is 0 Å². The lowest BCUT2D eigenvalue weighted by Gasteiger charge is -2.17. The lowest BCUT2D eigenvalue weighted by Crippen LogP contribution is -2.34. The molecule has 20 heavy (non-hydrogen) atoms. The van der Waals surface area contributed by atoms with Crippen LogP contribution in [0.4, 0.5) is 0 Å². The summed E-state index contributed by atoms with van der Waals surface area (Å²) in [6.07, 6.45) is 0.849. The van der Waals surface area contributed by atoms with Crippen LogP contribution in [-0.2, 0) is 13.0 Å². The second-order valence-electron chi connectivity index (χ2n) is 5.37. The predicted octanol–water partition coefficient (Wildman–Crippen LogP) is 3.00. The molecule has 0 saturated carbocycles. The molecule has 1 atom stereocenters. The first kappa shape index (κ1) is 14.8. The minimum absolute atomic E-state index is 0.0963. The van der Waals surface area contributed by atoms with Crippen molar-refractivity contribution in [1.82, 2.24) is 5.32 Å². The third-order valence-electron chi connectivity index (χ3n) is 3.71. The molecule has 0 amide bonds. The van der Waals surface area contributed by atoms with Crippen molar-refractivity contribution >= 4 is 0 Å². The average molecular weight is 269 g/mol. The lowest BCUT2D eigenvalue weighted by molar-refractivity contribution is 0.241. The summed E-state index contributed by atoms with van der Waals surface area (Å²) in [7, 11) is 0. The quantitative estimate of drug-likeness (QED) is 0.845. The van der Waals surface area contributed by atoms with Crippen molar-refractivity contribution in [2.45, 2.75) is 32.9 Å². The molecule has 0 heterocycles. The number of nitrogens with one attached hydrogen (secondary N) is 1. The van der Waals surface area contributed by atoms with Gasteiger partial charge in [0.2, 0.25) is 0 Å². The van der Waals surface area contributed by atoms with Gasteiger partial charge in [0.15, 0.2) is 0 Å². The van der Waals surface area contributed by atoms with Crippen LogP contribution in [0.3, 0.4) is 0 Å². The van der Waals surface area contributed by atoms with Gasteiger partial charge in [-0.3, -0.25) is 0 Å². The minimum atomic E-state index is 0.0963. The van der Waals surface area contributed by atoms with Crippen LogP contribution in [0.2, 0.25) is 0 Å². The van der Waals surface area contributed by atoms with E-state index in [0.717, 1.165) is 13.0 Å². The largest absolute Gasteiger partial charge is 0.395 e. The van der Waals surface area contributed by atoms with Gasteiger partial charge >= 0.3 is 0 Å². The van der Waals surface area contributed by atoms with Gasteiger partial charge in [0.1, 0.15) is 0 Å². The summed E-state index contributed by atoms with van der Waals surface area (Å²) in [5, 5.41) is 12.9. The van der Waals surface area contributed by atoms with Gasteiger partial charge in [0.25, 0.3) is 0 Å². The number of aryl methyl sites for hydroxylation is 2. The molecule has 0 saturated heterocycles. The molecule has 1 unspecified atom stereocenters. The molecule has 2 rings (SSSR count). The highest BCUT2D eigenvalue weighted by atomic mass is 16.3. The van der Waals surface area contributed by atoms with Gasteiger partial charge in [-0.05, 0) is 42.5 Å². The fourth-order valence-corrected chi connectivity index (χ4v) is 2.28. The van der Waals surface area contributed by atoms with Crippen molar-refractivity contribution < 1.29 is 5.11 Å². The summed E-state index contributed by atoms with van der Waals surface area (Å²) >= 11 is 0. The fraction of sp³-hybridized carbons (Fsp3) is 0.333. The van der Waals surface area contributed by atoms with Gasteiger partial charge in [-0.25, -0.2) is 0 Å². The molecule has 2 aromatic carbocycles. The number of hydrogen-bond donors (Lipinski definition) is 2. The van der Waals surface area contributed by atoms with E-state index in [4.69, 9.17) is 0 Å². The highest BCUT2D eigenvalue weighted by molar-refractivity contribution is 5.29. The Kier molecular flexibility index (Phi) is 5.33. The summed E-state index contributed by atoms with van der Waals surface area (Å²) in [6, 6.07) is 16.9. The molecule has 0 aliphatic heterocycles. The highest BCUT2D eigenvalue weighted by Gasteiger charge is 2.08. The normalized spacial score (nSPS) is 12.3. The van der Waals surface area contributed by atoms with Crippen LogP contribution in [0.1, 0.15) is 22.3 Å². The summed E-state index contributed by atoms with van der Waals surface area (Å²) in [4.78, 5) is 0. The first-order valence-electron chi connectivity index (χ1n) is 7.13. The molecule has 2 nitrogen and oxygen atoms in total. The second-order valence-corrected chi connectivity index (χ2v) is 5.37. The van der Waals surface area contributed by atoms with Crippen LogP contribution in [0.5, 0.6) is 0 Å². The number of aliphatic hydroxyl groups excluding tert-OH is 1. The maximum Gasteiger partial charge on any atom is 0.0587 e. The van der Waals surface area contributed by atoms with Crippen molar-refractivity contribution in [2.75, 3.05) is 6.61 Å². The maximum absolute atomic E-state index is 9.50. The number of hydrogen-bond acceptors (Lipinski definition) is 2. The molecule has 0 aliphatic rings. The Morgan fingerprint density at radius 3 is 2.35 bits per heavy atom. The molecule has 0 aromatic heterocycles. The standard InChI is InChI=1S/C18H23NO/c1-14-8-9-17(10-15(14)2)12-19-18(13-20)11-16-6-4-3-5-7-16/h3-10,18-20H,11-13H2,1-2H3. The van der Waals surface area contributed by atoms with Gasteiger partial charge in [-0.2, -0.15) is 0 Å². The lowest BCUT2D eigenvalue weighted by atomic mass is 10.0. The molecule has 0 fully saturated rings. The second kappa shape index (κ2) is 7.22. The average Bonchev–Trinajstić information content (AvgIpc) is 2.48. The summed E-state index contributed by atoms with van der Waals surface area (Å²) in [5.41, 5.74) is 5.14. The predicted molar refractivity (Wildman–Crippen MR) is 83.8 cm³/mol. The van der Waals surface area contributed by atoms with Gasteiger partial charge < -0.3 is 10.4 Å². The monoisotopic (exact) mass is 269 g/mol. The number of benzene rings is 2. The molecule has 2 N–H and O–H groups in total. The van der Waals surface area contributed by atoms with Crippen molar-refractivity contribution in [2.24, 2.45) is 0 Å². The maximum atomic E-state index is 9.50. The molecular weight excluding hydrogens is 246 g/mol. The van der Waals surface area contributed by atoms with E-state index in [2.05, 4.69) is 49.5 Å². The number of rotatable bonds is 6. The van der Waals surface area contributed by atoms with E-state index in [-0.39, 0.29) is 12.6 Å². The van der Waals surface area contributed by atoms with E-state index in [9.17, 15) is 5.11 Å². The Morgan fingerprint density at radius 1 is 0.950 bits per heavy atom. The first-order valence-corrected chi connectivity index (χ1v) is 7.13. The fourth-order valence-electron chi connectivity index (χ4n) is 2.28. The van der Waals surface area contributed by atoms with Crippen molar-refractivity contribution in [3.8, 4) is 0 Å². The zero-order valence-corrected chi connectivity index (χ0v) is 12.3. The Hall–Kier alpha value is -1.64. The van der Waals surface area contributed by atoms with Crippen molar-refractivity contribution in [3.05, 3.63) is 70.8 Å². The van der Waals surface area contributed by atoms with Crippen LogP contribution >= 0.6 is 0 Å². The van der Waals surface area contributed by atoms with E-state index in [1.54, 1.807) is 0 Å². The first-order chi connectivity index (χ1) is 9.69. The Morgan fingerprint density at radius 2 is 1.70 bits per heavy atom. The summed E-state index contributed by atoms with van der Waals surface area (Å²) in [5.74, 6) is 0. The Labute approximate surface area is 121 Å². The summed E-state index contributed by atoms with van der Waals surface area (Å²) in [6.45, 7) is 5.20. The van der Waals surface area contributed by atoms with Gasteiger partial charge in [-0.15, -0.1) is 0 Å². The van der Waals surface area contributed by atoms with E-state index >= 15 is 0 Å². The minimum Gasteiger partial charge on any atom is -0.395 e. The SMILES string of the molecule is Cc1ccc(CNC(CO)Cc2ccccc2)cc1C. The van der Waals surface area contributed by atoms with Gasteiger partial charge in [0.05, 0.1) is 6.61 Å². The van der Waals surface area contributed by atoms with Crippen LogP contribution in [-0.4, -0.2) is 17.8 Å². The molecule has 0 aliphatic carbocycles. The molecule has 0 spiro atoms.